The summed E-state index contributed by atoms with van der Waals surface area (Å²) in [6.07, 6.45) is 7.54. The summed E-state index contributed by atoms with van der Waals surface area (Å²) in [6.45, 7) is 4.75. The van der Waals surface area contributed by atoms with Crippen molar-refractivity contribution in [1.82, 2.24) is 19.9 Å². The standard InChI is InChI=1S/C16H21FN4/c1-11(2)18-8-12-7-13(17)9-19-16(12)21-10-20-14-5-3-4-6-15(14)21/h7,9-11,18H,3-6,8H2,1-2H3. The van der Waals surface area contributed by atoms with Gasteiger partial charge >= 0.3 is 0 Å². The highest BCUT2D eigenvalue weighted by molar-refractivity contribution is 5.37. The zero-order valence-corrected chi connectivity index (χ0v) is 12.6. The lowest BCUT2D eigenvalue weighted by atomic mass is 10.0. The van der Waals surface area contributed by atoms with Crippen LogP contribution in [0.4, 0.5) is 4.39 Å². The predicted octanol–water partition coefficient (Wildman–Crippen LogP) is 2.78. The first-order valence-corrected chi connectivity index (χ1v) is 7.58. The van der Waals surface area contributed by atoms with Crippen LogP contribution in [0.25, 0.3) is 5.82 Å². The van der Waals surface area contributed by atoms with Crippen LogP contribution in [0.3, 0.4) is 0 Å². The summed E-state index contributed by atoms with van der Waals surface area (Å²) >= 11 is 0. The van der Waals surface area contributed by atoms with Gasteiger partial charge in [0.25, 0.3) is 0 Å². The maximum absolute atomic E-state index is 13.5. The van der Waals surface area contributed by atoms with Crippen molar-refractivity contribution in [3.8, 4) is 5.82 Å². The predicted molar refractivity (Wildman–Crippen MR) is 79.9 cm³/mol. The van der Waals surface area contributed by atoms with Gasteiger partial charge in [-0.2, -0.15) is 0 Å². The van der Waals surface area contributed by atoms with Gasteiger partial charge in [0.15, 0.2) is 0 Å². The molecular formula is C16H21FN4. The lowest BCUT2D eigenvalue weighted by Gasteiger charge is -2.17. The van der Waals surface area contributed by atoms with E-state index in [9.17, 15) is 4.39 Å². The van der Waals surface area contributed by atoms with Crippen LogP contribution in [0.15, 0.2) is 18.6 Å². The molecule has 0 unspecified atom stereocenters. The minimum atomic E-state index is -0.298. The number of imidazole rings is 1. The highest BCUT2D eigenvalue weighted by Crippen LogP contribution is 2.24. The smallest absolute Gasteiger partial charge is 0.142 e. The Morgan fingerprint density at radius 1 is 1.29 bits per heavy atom. The van der Waals surface area contributed by atoms with Crippen LogP contribution in [0.1, 0.15) is 43.6 Å². The third-order valence-corrected chi connectivity index (χ3v) is 3.87. The van der Waals surface area contributed by atoms with Gasteiger partial charge in [0.1, 0.15) is 18.0 Å². The maximum atomic E-state index is 13.5. The SMILES string of the molecule is CC(C)NCc1cc(F)cnc1-n1cnc2c1CCCC2. The van der Waals surface area contributed by atoms with Crippen molar-refractivity contribution < 1.29 is 4.39 Å². The van der Waals surface area contributed by atoms with Gasteiger partial charge in [-0.15, -0.1) is 0 Å². The van der Waals surface area contributed by atoms with Gasteiger partial charge in [0.05, 0.1) is 11.9 Å². The summed E-state index contributed by atoms with van der Waals surface area (Å²) in [5, 5.41) is 3.33. The number of halogens is 1. The molecule has 1 aliphatic carbocycles. The fourth-order valence-electron chi connectivity index (χ4n) is 2.79. The van der Waals surface area contributed by atoms with Crippen molar-refractivity contribution in [2.24, 2.45) is 0 Å². The molecule has 0 spiro atoms. The third-order valence-electron chi connectivity index (χ3n) is 3.87. The van der Waals surface area contributed by atoms with Crippen molar-refractivity contribution in [3.63, 3.8) is 0 Å². The molecule has 3 rings (SSSR count). The summed E-state index contributed by atoms with van der Waals surface area (Å²) in [4.78, 5) is 8.82. The summed E-state index contributed by atoms with van der Waals surface area (Å²) in [5.41, 5.74) is 3.26. The Hall–Kier alpha value is -1.75. The van der Waals surface area contributed by atoms with E-state index in [1.165, 1.54) is 24.7 Å². The van der Waals surface area contributed by atoms with Gasteiger partial charge in [-0.05, 0) is 31.7 Å². The van der Waals surface area contributed by atoms with Gasteiger partial charge in [-0.3, -0.25) is 4.57 Å². The second kappa shape index (κ2) is 5.93. The molecule has 21 heavy (non-hydrogen) atoms. The first-order valence-electron chi connectivity index (χ1n) is 7.58. The number of aromatic nitrogens is 3. The Labute approximate surface area is 124 Å². The van der Waals surface area contributed by atoms with Crippen molar-refractivity contribution in [2.45, 2.75) is 52.1 Å². The van der Waals surface area contributed by atoms with E-state index in [4.69, 9.17) is 0 Å². The Morgan fingerprint density at radius 3 is 2.90 bits per heavy atom. The lowest BCUT2D eigenvalue weighted by Crippen LogP contribution is -2.23. The van der Waals surface area contributed by atoms with Gasteiger partial charge < -0.3 is 5.32 Å². The minimum absolute atomic E-state index is 0.298. The van der Waals surface area contributed by atoms with E-state index in [1.54, 1.807) is 6.07 Å². The fraction of sp³-hybridized carbons (Fsp3) is 0.500. The molecule has 0 fully saturated rings. The molecule has 2 aromatic rings. The quantitative estimate of drug-likeness (QED) is 0.940. The molecule has 1 aliphatic rings. The molecule has 0 amide bonds. The van der Waals surface area contributed by atoms with E-state index < -0.39 is 0 Å². The first kappa shape index (κ1) is 14.2. The normalized spacial score (nSPS) is 14.5. The number of pyridine rings is 1. The summed E-state index contributed by atoms with van der Waals surface area (Å²) in [7, 11) is 0. The average molecular weight is 288 g/mol. The van der Waals surface area contributed by atoms with E-state index in [0.717, 1.165) is 29.9 Å². The Balaban J connectivity index is 1.99. The molecule has 0 atom stereocenters. The molecule has 5 heteroatoms. The molecule has 2 heterocycles. The number of hydrogen-bond donors (Lipinski definition) is 1. The Morgan fingerprint density at radius 2 is 2.10 bits per heavy atom. The van der Waals surface area contributed by atoms with Crippen LogP contribution in [-0.2, 0) is 19.4 Å². The number of fused-ring (bicyclic) bond motifs is 1. The Kier molecular flexibility index (Phi) is 4.01. The number of rotatable bonds is 4. The monoisotopic (exact) mass is 288 g/mol. The molecule has 0 aromatic carbocycles. The molecule has 0 radical (unpaired) electrons. The molecule has 0 saturated carbocycles. The second-order valence-electron chi connectivity index (χ2n) is 5.89. The third kappa shape index (κ3) is 2.97. The molecular weight excluding hydrogens is 267 g/mol. The molecule has 0 bridgehead atoms. The highest BCUT2D eigenvalue weighted by Gasteiger charge is 2.18. The highest BCUT2D eigenvalue weighted by atomic mass is 19.1. The van der Waals surface area contributed by atoms with Crippen LogP contribution >= 0.6 is 0 Å². The van der Waals surface area contributed by atoms with Crippen LogP contribution in [-0.4, -0.2) is 20.6 Å². The van der Waals surface area contributed by atoms with Gasteiger partial charge in [-0.25, -0.2) is 14.4 Å². The van der Waals surface area contributed by atoms with Crippen molar-refractivity contribution >= 4 is 0 Å². The number of nitrogens with one attached hydrogen (secondary N) is 1. The summed E-state index contributed by atoms with van der Waals surface area (Å²) in [5.74, 6) is 0.494. The zero-order chi connectivity index (χ0) is 14.8. The topological polar surface area (TPSA) is 42.7 Å². The number of aryl methyl sites for hydroxylation is 1. The van der Waals surface area contributed by atoms with Gasteiger partial charge in [0, 0.05) is 23.8 Å². The molecule has 2 aromatic heterocycles. The van der Waals surface area contributed by atoms with Crippen molar-refractivity contribution in [2.75, 3.05) is 0 Å². The number of nitrogens with zero attached hydrogens (tertiary/aromatic N) is 3. The van der Waals surface area contributed by atoms with E-state index in [2.05, 4.69) is 29.1 Å². The van der Waals surface area contributed by atoms with Crippen LogP contribution in [0.2, 0.25) is 0 Å². The summed E-state index contributed by atoms with van der Waals surface area (Å²) in [6, 6.07) is 1.91. The largest absolute Gasteiger partial charge is 0.310 e. The van der Waals surface area contributed by atoms with Crippen LogP contribution in [0.5, 0.6) is 0 Å². The first-order chi connectivity index (χ1) is 10.1. The average Bonchev–Trinajstić information content (AvgIpc) is 2.89. The molecule has 1 N–H and O–H groups in total. The minimum Gasteiger partial charge on any atom is -0.310 e. The summed E-state index contributed by atoms with van der Waals surface area (Å²) < 4.78 is 15.6. The maximum Gasteiger partial charge on any atom is 0.142 e. The van der Waals surface area contributed by atoms with E-state index in [-0.39, 0.29) is 5.82 Å². The van der Waals surface area contributed by atoms with Crippen molar-refractivity contribution in [3.05, 3.63) is 41.4 Å². The molecule has 0 saturated heterocycles. The molecule has 112 valence electrons. The second-order valence-corrected chi connectivity index (χ2v) is 5.89. The van der Waals surface area contributed by atoms with Crippen molar-refractivity contribution in [1.29, 1.82) is 0 Å². The van der Waals surface area contributed by atoms with Gasteiger partial charge in [0.2, 0.25) is 0 Å². The molecule has 4 nitrogen and oxygen atoms in total. The van der Waals surface area contributed by atoms with E-state index in [1.807, 2.05) is 10.9 Å². The lowest BCUT2D eigenvalue weighted by molar-refractivity contribution is 0.574. The van der Waals surface area contributed by atoms with Gasteiger partial charge in [-0.1, -0.05) is 13.8 Å². The fourth-order valence-corrected chi connectivity index (χ4v) is 2.79. The zero-order valence-electron chi connectivity index (χ0n) is 12.6. The molecule has 0 aliphatic heterocycles. The van der Waals surface area contributed by atoms with Crippen LogP contribution < -0.4 is 5.32 Å². The van der Waals surface area contributed by atoms with E-state index >= 15 is 0 Å². The van der Waals surface area contributed by atoms with Crippen LogP contribution in [0, 0.1) is 5.82 Å². The van der Waals surface area contributed by atoms with E-state index in [0.29, 0.717) is 12.6 Å². The number of hydrogen-bond acceptors (Lipinski definition) is 3. The Bertz CT molecular complexity index is 633.